The van der Waals surface area contributed by atoms with Crippen molar-refractivity contribution in [2.45, 2.75) is 39.2 Å². The molecule has 4 rings (SSSR count). The Morgan fingerprint density at radius 2 is 2.18 bits per heavy atom. The van der Waals surface area contributed by atoms with E-state index in [0.29, 0.717) is 6.42 Å². The Bertz CT molecular complexity index is 700. The number of anilines is 1. The highest BCUT2D eigenvalue weighted by atomic mass is 16.1. The van der Waals surface area contributed by atoms with E-state index < -0.39 is 0 Å². The Morgan fingerprint density at radius 1 is 1.27 bits per heavy atom. The fraction of sp³-hybridized carbons (Fsp3) is 0.421. The van der Waals surface area contributed by atoms with Gasteiger partial charge in [-0.1, -0.05) is 25.2 Å². The van der Waals surface area contributed by atoms with E-state index in [4.69, 9.17) is 0 Å². The first-order chi connectivity index (χ1) is 10.8. The molecule has 0 bridgehead atoms. The van der Waals surface area contributed by atoms with Crippen molar-refractivity contribution in [3.05, 3.63) is 46.5 Å². The average molecular weight is 294 g/mol. The van der Waals surface area contributed by atoms with E-state index in [-0.39, 0.29) is 5.91 Å². The van der Waals surface area contributed by atoms with Crippen LogP contribution in [0, 0.1) is 0 Å². The molecule has 3 heteroatoms. The molecule has 1 amide bonds. The second kappa shape index (κ2) is 5.40. The first kappa shape index (κ1) is 13.8. The third-order valence-electron chi connectivity index (χ3n) is 5.11. The van der Waals surface area contributed by atoms with Crippen molar-refractivity contribution in [1.82, 2.24) is 4.90 Å². The zero-order valence-corrected chi connectivity index (χ0v) is 13.1. The lowest BCUT2D eigenvalue weighted by atomic mass is 9.85. The molecule has 0 saturated carbocycles. The van der Waals surface area contributed by atoms with Crippen LogP contribution in [0.2, 0.25) is 0 Å². The molecule has 1 N–H and O–H groups in total. The van der Waals surface area contributed by atoms with Crippen molar-refractivity contribution in [3.8, 4) is 0 Å². The van der Waals surface area contributed by atoms with Gasteiger partial charge in [0.15, 0.2) is 0 Å². The third-order valence-corrected chi connectivity index (χ3v) is 5.11. The smallest absolute Gasteiger partial charge is 0.228 e. The molecule has 0 aromatic heterocycles. The molecular formula is C19H22N2O. The number of nitrogens with one attached hydrogen (secondary N) is 1. The maximum atomic E-state index is 11.9. The lowest BCUT2D eigenvalue weighted by molar-refractivity contribution is -0.115. The molecule has 22 heavy (non-hydrogen) atoms. The molecule has 1 aromatic carbocycles. The highest BCUT2D eigenvalue weighted by molar-refractivity contribution is 6.01. The van der Waals surface area contributed by atoms with Crippen LogP contribution in [0.5, 0.6) is 0 Å². The molecule has 114 valence electrons. The maximum absolute atomic E-state index is 11.9. The Labute approximate surface area is 131 Å². The van der Waals surface area contributed by atoms with E-state index in [1.165, 1.54) is 27.8 Å². The number of hydrogen-bond acceptors (Lipinski definition) is 2. The molecule has 0 spiro atoms. The molecule has 0 fully saturated rings. The summed E-state index contributed by atoms with van der Waals surface area (Å²) < 4.78 is 0. The van der Waals surface area contributed by atoms with Crippen LogP contribution in [-0.2, 0) is 24.2 Å². The molecule has 0 unspecified atom stereocenters. The van der Waals surface area contributed by atoms with E-state index in [0.717, 1.165) is 44.6 Å². The van der Waals surface area contributed by atoms with Gasteiger partial charge in [-0.05, 0) is 59.7 Å². The standard InChI is InChI=1S/C19H22N2O/c1-2-21-9-8-15-16(13-6-4-3-5-7-13)10-14-11-18(22)20-19(14)17(15)12-21/h3-4,6,10H,2,5,7-9,11-12H2,1H3,(H,20,22). The van der Waals surface area contributed by atoms with Crippen molar-refractivity contribution in [1.29, 1.82) is 0 Å². The second-order valence-corrected chi connectivity index (χ2v) is 6.42. The molecular weight excluding hydrogens is 272 g/mol. The van der Waals surface area contributed by atoms with Gasteiger partial charge in [-0.2, -0.15) is 0 Å². The number of fused-ring (bicyclic) bond motifs is 3. The summed E-state index contributed by atoms with van der Waals surface area (Å²) in [5.74, 6) is 0.139. The third kappa shape index (κ3) is 2.20. The molecule has 3 nitrogen and oxygen atoms in total. The van der Waals surface area contributed by atoms with Gasteiger partial charge in [0.1, 0.15) is 0 Å². The van der Waals surface area contributed by atoms with Gasteiger partial charge < -0.3 is 5.32 Å². The molecule has 1 aromatic rings. The number of amides is 1. The predicted octanol–water partition coefficient (Wildman–Crippen LogP) is 3.29. The number of likely N-dealkylation sites (N-methyl/N-ethyl adjacent to an activating group) is 1. The van der Waals surface area contributed by atoms with Crippen LogP contribution in [0.15, 0.2) is 24.3 Å². The first-order valence-corrected chi connectivity index (χ1v) is 8.32. The molecule has 0 atom stereocenters. The normalized spacial score (nSPS) is 20.4. The highest BCUT2D eigenvalue weighted by Gasteiger charge is 2.29. The summed E-state index contributed by atoms with van der Waals surface area (Å²) in [5, 5.41) is 3.10. The maximum Gasteiger partial charge on any atom is 0.228 e. The number of carbonyl (C=O) groups is 1. The van der Waals surface area contributed by atoms with Crippen LogP contribution in [0.1, 0.15) is 42.0 Å². The minimum absolute atomic E-state index is 0.139. The fourth-order valence-corrected chi connectivity index (χ4v) is 3.91. The zero-order chi connectivity index (χ0) is 15.1. The van der Waals surface area contributed by atoms with Gasteiger partial charge in [-0.15, -0.1) is 0 Å². The van der Waals surface area contributed by atoms with Crippen LogP contribution in [0.4, 0.5) is 5.69 Å². The van der Waals surface area contributed by atoms with Gasteiger partial charge in [-0.3, -0.25) is 9.69 Å². The quantitative estimate of drug-likeness (QED) is 0.907. The summed E-state index contributed by atoms with van der Waals surface area (Å²) >= 11 is 0. The van der Waals surface area contributed by atoms with Gasteiger partial charge >= 0.3 is 0 Å². The van der Waals surface area contributed by atoms with Gasteiger partial charge in [0.25, 0.3) is 0 Å². The summed E-state index contributed by atoms with van der Waals surface area (Å²) in [7, 11) is 0. The minimum Gasteiger partial charge on any atom is -0.325 e. The average Bonchev–Trinajstić information content (AvgIpc) is 2.95. The van der Waals surface area contributed by atoms with Crippen LogP contribution in [-0.4, -0.2) is 23.9 Å². The SMILES string of the molecule is CCN1CCc2c(C3=CC=CCC3)cc3c(c2C1)NC(=O)C3. The molecule has 2 heterocycles. The lowest BCUT2D eigenvalue weighted by Crippen LogP contribution is -2.31. The van der Waals surface area contributed by atoms with Crippen molar-refractivity contribution < 1.29 is 4.79 Å². The van der Waals surface area contributed by atoms with E-state index in [9.17, 15) is 4.79 Å². The van der Waals surface area contributed by atoms with E-state index in [1.807, 2.05) is 0 Å². The van der Waals surface area contributed by atoms with Crippen molar-refractivity contribution in [2.24, 2.45) is 0 Å². The van der Waals surface area contributed by atoms with E-state index >= 15 is 0 Å². The summed E-state index contributed by atoms with van der Waals surface area (Å²) in [6, 6.07) is 2.28. The topological polar surface area (TPSA) is 32.3 Å². The summed E-state index contributed by atoms with van der Waals surface area (Å²) in [5.41, 5.74) is 7.95. The molecule has 1 aliphatic carbocycles. The summed E-state index contributed by atoms with van der Waals surface area (Å²) in [6.07, 6.45) is 10.5. The highest BCUT2D eigenvalue weighted by Crippen LogP contribution is 2.39. The fourth-order valence-electron chi connectivity index (χ4n) is 3.91. The Balaban J connectivity index is 1.87. The first-order valence-electron chi connectivity index (χ1n) is 8.32. The van der Waals surface area contributed by atoms with Crippen molar-refractivity contribution in [2.75, 3.05) is 18.4 Å². The molecule has 3 aliphatic rings. The summed E-state index contributed by atoms with van der Waals surface area (Å²) in [6.45, 7) is 5.36. The van der Waals surface area contributed by atoms with Crippen molar-refractivity contribution >= 4 is 17.2 Å². The Hall–Kier alpha value is -1.87. The van der Waals surface area contributed by atoms with Gasteiger partial charge in [0.05, 0.1) is 6.42 Å². The van der Waals surface area contributed by atoms with Gasteiger partial charge in [0, 0.05) is 18.8 Å². The van der Waals surface area contributed by atoms with Crippen LogP contribution in [0.3, 0.4) is 0 Å². The van der Waals surface area contributed by atoms with Gasteiger partial charge in [0.2, 0.25) is 5.91 Å². The number of allylic oxidation sites excluding steroid dienone is 4. The lowest BCUT2D eigenvalue weighted by Gasteiger charge is -2.31. The number of hydrogen-bond donors (Lipinski definition) is 1. The number of rotatable bonds is 2. The van der Waals surface area contributed by atoms with Crippen LogP contribution >= 0.6 is 0 Å². The molecule has 0 radical (unpaired) electrons. The monoisotopic (exact) mass is 294 g/mol. The Kier molecular flexibility index (Phi) is 3.38. The van der Waals surface area contributed by atoms with Crippen LogP contribution in [0.25, 0.3) is 5.57 Å². The largest absolute Gasteiger partial charge is 0.325 e. The molecule has 2 aliphatic heterocycles. The zero-order valence-electron chi connectivity index (χ0n) is 13.1. The predicted molar refractivity (Wildman–Crippen MR) is 89.8 cm³/mol. The minimum atomic E-state index is 0.139. The second-order valence-electron chi connectivity index (χ2n) is 6.42. The van der Waals surface area contributed by atoms with Gasteiger partial charge in [-0.25, -0.2) is 0 Å². The van der Waals surface area contributed by atoms with E-state index in [2.05, 4.69) is 41.4 Å². The number of carbonyl (C=O) groups excluding carboxylic acids is 1. The number of nitrogens with zero attached hydrogens (tertiary/aromatic N) is 1. The molecule has 0 saturated heterocycles. The Morgan fingerprint density at radius 3 is 2.95 bits per heavy atom. The number of benzene rings is 1. The van der Waals surface area contributed by atoms with Crippen molar-refractivity contribution in [3.63, 3.8) is 0 Å². The van der Waals surface area contributed by atoms with Crippen LogP contribution < -0.4 is 5.32 Å². The summed E-state index contributed by atoms with van der Waals surface area (Å²) in [4.78, 5) is 14.3. The van der Waals surface area contributed by atoms with E-state index in [1.54, 1.807) is 0 Å².